The third kappa shape index (κ3) is 4.37. The van der Waals surface area contributed by atoms with Crippen LogP contribution in [0.25, 0.3) is 6.08 Å². The fraction of sp³-hybridized carbons (Fsp3) is 0.158. The number of hydrogen-bond acceptors (Lipinski definition) is 4. The quantitative estimate of drug-likeness (QED) is 0.655. The summed E-state index contributed by atoms with van der Waals surface area (Å²) >= 11 is 0. The summed E-state index contributed by atoms with van der Waals surface area (Å²) in [5, 5.41) is 11.5. The lowest BCUT2D eigenvalue weighted by atomic mass is 10.1. The lowest BCUT2D eigenvalue weighted by molar-refractivity contribution is -0.116. The van der Waals surface area contributed by atoms with E-state index < -0.39 is 5.91 Å². The molecule has 1 N–H and O–H groups in total. The number of rotatable bonds is 6. The number of nitriles is 1. The Hall–Kier alpha value is -3.26. The largest absolute Gasteiger partial charge is 0.493 e. The maximum absolute atomic E-state index is 11.6. The number of hydrogen-bond donors (Lipinski definition) is 1. The summed E-state index contributed by atoms with van der Waals surface area (Å²) in [6.07, 6.45) is 1.50. The van der Waals surface area contributed by atoms with E-state index in [-0.39, 0.29) is 5.57 Å². The normalized spacial score (nSPS) is 10.6. The lowest BCUT2D eigenvalue weighted by Gasteiger charge is -2.11. The van der Waals surface area contributed by atoms with Crippen LogP contribution in [0, 0.1) is 11.3 Å². The molecule has 0 unspecified atom stereocenters. The highest BCUT2D eigenvalue weighted by Crippen LogP contribution is 2.29. The molecule has 0 bridgehead atoms. The molecule has 0 aliphatic heterocycles. The zero-order valence-electron chi connectivity index (χ0n) is 13.6. The van der Waals surface area contributed by atoms with E-state index in [9.17, 15) is 4.79 Å². The van der Waals surface area contributed by atoms with Gasteiger partial charge < -0.3 is 14.8 Å². The lowest BCUT2D eigenvalue weighted by Crippen LogP contribution is -2.19. The Balaban J connectivity index is 2.20. The Kier molecular flexibility index (Phi) is 5.98. The summed E-state index contributed by atoms with van der Waals surface area (Å²) in [7, 11) is 3.02. The van der Waals surface area contributed by atoms with E-state index in [1.54, 1.807) is 25.3 Å². The van der Waals surface area contributed by atoms with Crippen molar-refractivity contribution in [2.24, 2.45) is 0 Å². The van der Waals surface area contributed by atoms with E-state index in [0.717, 1.165) is 5.56 Å². The van der Waals surface area contributed by atoms with Crippen molar-refractivity contribution in [2.45, 2.75) is 6.61 Å². The van der Waals surface area contributed by atoms with Crippen molar-refractivity contribution in [1.82, 2.24) is 5.32 Å². The first kappa shape index (κ1) is 17.1. The van der Waals surface area contributed by atoms with E-state index in [4.69, 9.17) is 14.7 Å². The smallest absolute Gasteiger partial charge is 0.261 e. The van der Waals surface area contributed by atoms with Gasteiger partial charge in [-0.3, -0.25) is 4.79 Å². The van der Waals surface area contributed by atoms with Crippen LogP contribution in [0.2, 0.25) is 0 Å². The molecule has 5 nitrogen and oxygen atoms in total. The minimum atomic E-state index is -0.430. The van der Waals surface area contributed by atoms with E-state index in [1.807, 2.05) is 36.4 Å². The molecule has 0 aliphatic carbocycles. The first-order valence-electron chi connectivity index (χ1n) is 7.36. The number of nitrogens with zero attached hydrogens (tertiary/aromatic N) is 1. The Morgan fingerprint density at radius 1 is 1.21 bits per heavy atom. The van der Waals surface area contributed by atoms with Gasteiger partial charge in [0.05, 0.1) is 7.11 Å². The van der Waals surface area contributed by atoms with Gasteiger partial charge in [-0.1, -0.05) is 36.4 Å². The van der Waals surface area contributed by atoms with Gasteiger partial charge >= 0.3 is 0 Å². The van der Waals surface area contributed by atoms with Crippen LogP contribution in [-0.2, 0) is 11.4 Å². The second kappa shape index (κ2) is 8.39. The summed E-state index contributed by atoms with van der Waals surface area (Å²) in [6.45, 7) is 0.425. The molecular formula is C19H18N2O3. The standard InChI is InChI=1S/C19H18N2O3/c1-21-19(22)16(12-20)10-15-8-9-17(18(11-15)23-2)24-13-14-6-4-3-5-7-14/h3-11H,13H2,1-2H3,(H,21,22)/b16-10+. The van der Waals surface area contributed by atoms with Crippen LogP contribution in [0.5, 0.6) is 11.5 Å². The minimum Gasteiger partial charge on any atom is -0.493 e. The number of likely N-dealkylation sites (N-methyl/N-ethyl adjacent to an activating group) is 1. The second-order valence-electron chi connectivity index (χ2n) is 4.93. The summed E-state index contributed by atoms with van der Waals surface area (Å²) in [5.41, 5.74) is 1.76. The summed E-state index contributed by atoms with van der Waals surface area (Å²) in [5.74, 6) is 0.701. The van der Waals surface area contributed by atoms with Crippen molar-refractivity contribution >= 4 is 12.0 Å². The third-order valence-corrected chi connectivity index (χ3v) is 3.33. The van der Waals surface area contributed by atoms with Crippen molar-refractivity contribution < 1.29 is 14.3 Å². The number of ether oxygens (including phenoxy) is 2. The van der Waals surface area contributed by atoms with Gasteiger partial charge in [0.2, 0.25) is 0 Å². The number of carbonyl (C=O) groups excluding carboxylic acids is 1. The molecule has 0 atom stereocenters. The van der Waals surface area contributed by atoms with Crippen LogP contribution in [0.4, 0.5) is 0 Å². The molecule has 2 rings (SSSR count). The fourth-order valence-corrected chi connectivity index (χ4v) is 2.08. The van der Waals surface area contributed by atoms with Crippen LogP contribution in [0.3, 0.4) is 0 Å². The second-order valence-corrected chi connectivity index (χ2v) is 4.93. The summed E-state index contributed by atoms with van der Waals surface area (Å²) < 4.78 is 11.1. The van der Waals surface area contributed by atoms with E-state index in [2.05, 4.69) is 5.32 Å². The van der Waals surface area contributed by atoms with Gasteiger partial charge in [-0.2, -0.15) is 5.26 Å². The van der Waals surface area contributed by atoms with Crippen molar-refractivity contribution in [3.8, 4) is 17.6 Å². The molecule has 0 aliphatic rings. The number of nitrogens with one attached hydrogen (secondary N) is 1. The molecule has 2 aromatic carbocycles. The summed E-state index contributed by atoms with van der Waals surface area (Å²) in [4.78, 5) is 11.6. The Labute approximate surface area is 141 Å². The van der Waals surface area contributed by atoms with Crippen LogP contribution in [-0.4, -0.2) is 20.1 Å². The third-order valence-electron chi connectivity index (χ3n) is 3.33. The van der Waals surface area contributed by atoms with Gasteiger partial charge in [0.25, 0.3) is 5.91 Å². The molecule has 0 saturated carbocycles. The van der Waals surface area contributed by atoms with E-state index in [1.165, 1.54) is 13.1 Å². The van der Waals surface area contributed by atoms with Gasteiger partial charge in [0.15, 0.2) is 11.5 Å². The highest BCUT2D eigenvalue weighted by atomic mass is 16.5. The first-order valence-corrected chi connectivity index (χ1v) is 7.36. The molecule has 0 fully saturated rings. The molecule has 122 valence electrons. The maximum Gasteiger partial charge on any atom is 0.261 e. The molecule has 0 spiro atoms. The van der Waals surface area contributed by atoms with Crippen molar-refractivity contribution in [1.29, 1.82) is 5.26 Å². The molecule has 1 amide bonds. The maximum atomic E-state index is 11.6. The number of amides is 1. The Morgan fingerprint density at radius 2 is 1.96 bits per heavy atom. The molecular weight excluding hydrogens is 304 g/mol. The predicted octanol–water partition coefficient (Wildman–Crippen LogP) is 2.93. The van der Waals surface area contributed by atoms with Gasteiger partial charge in [-0.05, 0) is 29.3 Å². The monoisotopic (exact) mass is 322 g/mol. The first-order chi connectivity index (χ1) is 11.7. The van der Waals surface area contributed by atoms with Gasteiger partial charge in [0, 0.05) is 7.05 Å². The van der Waals surface area contributed by atoms with Crippen LogP contribution < -0.4 is 14.8 Å². The number of carbonyl (C=O) groups is 1. The van der Waals surface area contributed by atoms with E-state index in [0.29, 0.717) is 23.7 Å². The molecule has 0 radical (unpaired) electrons. The molecule has 0 saturated heterocycles. The van der Waals surface area contributed by atoms with E-state index >= 15 is 0 Å². The topological polar surface area (TPSA) is 71.4 Å². The van der Waals surface area contributed by atoms with Crippen LogP contribution >= 0.6 is 0 Å². The predicted molar refractivity (Wildman–Crippen MR) is 91.4 cm³/mol. The fourth-order valence-electron chi connectivity index (χ4n) is 2.08. The van der Waals surface area contributed by atoms with Crippen molar-refractivity contribution in [2.75, 3.05) is 14.2 Å². The SMILES string of the molecule is CNC(=O)/C(C#N)=C/c1ccc(OCc2ccccc2)c(OC)c1. The van der Waals surface area contributed by atoms with Gasteiger partial charge in [-0.15, -0.1) is 0 Å². The zero-order valence-corrected chi connectivity index (χ0v) is 13.6. The van der Waals surface area contributed by atoms with Gasteiger partial charge in [0.1, 0.15) is 18.2 Å². The number of benzene rings is 2. The van der Waals surface area contributed by atoms with Crippen LogP contribution in [0.15, 0.2) is 54.1 Å². The van der Waals surface area contributed by atoms with Crippen LogP contribution in [0.1, 0.15) is 11.1 Å². The minimum absolute atomic E-state index is 0.0255. The molecule has 0 heterocycles. The number of methoxy groups -OCH3 is 1. The molecule has 5 heteroatoms. The average Bonchev–Trinajstić information content (AvgIpc) is 2.64. The van der Waals surface area contributed by atoms with Crippen molar-refractivity contribution in [3.05, 3.63) is 65.2 Å². The molecule has 0 aromatic heterocycles. The summed E-state index contributed by atoms with van der Waals surface area (Å²) in [6, 6.07) is 16.9. The zero-order chi connectivity index (χ0) is 17.4. The molecule has 2 aromatic rings. The van der Waals surface area contributed by atoms with Crippen molar-refractivity contribution in [3.63, 3.8) is 0 Å². The van der Waals surface area contributed by atoms with Gasteiger partial charge in [-0.25, -0.2) is 0 Å². The highest BCUT2D eigenvalue weighted by Gasteiger charge is 2.09. The average molecular weight is 322 g/mol. The molecule has 24 heavy (non-hydrogen) atoms. The highest BCUT2D eigenvalue weighted by molar-refractivity contribution is 6.01. The Bertz CT molecular complexity index is 777. The Morgan fingerprint density at radius 3 is 2.58 bits per heavy atom.